The van der Waals surface area contributed by atoms with Gasteiger partial charge in [0, 0.05) is 30.4 Å². The Hall–Kier alpha value is -2.34. The van der Waals surface area contributed by atoms with Gasteiger partial charge in [0.05, 0.1) is 13.2 Å². The number of nitrogens with one attached hydrogen (secondary N) is 2. The van der Waals surface area contributed by atoms with Crippen LogP contribution in [0, 0.1) is 5.41 Å². The molecule has 0 radical (unpaired) electrons. The first-order valence-electron chi connectivity index (χ1n) is 8.80. The number of hydrogen-bond acceptors (Lipinski definition) is 3. The Morgan fingerprint density at radius 1 is 1.40 bits per heavy atom. The topological polar surface area (TPSA) is 79.2 Å². The molecule has 3 N–H and O–H groups in total. The molecule has 0 bridgehead atoms. The lowest BCUT2D eigenvalue weighted by Gasteiger charge is -2.30. The molecule has 2 unspecified atom stereocenters. The highest BCUT2D eigenvalue weighted by molar-refractivity contribution is 5.74. The maximum absolute atomic E-state index is 12.2. The zero-order chi connectivity index (χ0) is 17.7. The van der Waals surface area contributed by atoms with Crippen LogP contribution in [-0.2, 0) is 13.1 Å². The Kier molecular flexibility index (Phi) is 5.38. The zero-order valence-corrected chi connectivity index (χ0v) is 14.6. The first-order valence-corrected chi connectivity index (χ1v) is 8.80. The summed E-state index contributed by atoms with van der Waals surface area (Å²) in [6.45, 7) is 3.22. The number of aromatic nitrogens is 2. The van der Waals surface area contributed by atoms with Gasteiger partial charge in [0.2, 0.25) is 0 Å². The third-order valence-corrected chi connectivity index (χ3v) is 5.15. The molecule has 3 rings (SSSR count). The largest absolute Gasteiger partial charge is 0.396 e. The molecule has 1 aromatic carbocycles. The Labute approximate surface area is 148 Å². The summed E-state index contributed by atoms with van der Waals surface area (Å²) >= 11 is 0. The third kappa shape index (κ3) is 4.20. The monoisotopic (exact) mass is 342 g/mol. The number of carbonyl (C=O) groups excluding carboxylic acids is 1. The summed E-state index contributed by atoms with van der Waals surface area (Å²) in [7, 11) is 0. The van der Waals surface area contributed by atoms with Crippen molar-refractivity contribution in [2.24, 2.45) is 5.41 Å². The van der Waals surface area contributed by atoms with Crippen molar-refractivity contribution < 1.29 is 9.90 Å². The molecule has 0 saturated heterocycles. The van der Waals surface area contributed by atoms with Crippen LogP contribution in [0.25, 0.3) is 0 Å². The molecule has 1 aliphatic carbocycles. The molecule has 1 saturated carbocycles. The molecule has 6 heteroatoms. The molecular weight excluding hydrogens is 316 g/mol. The smallest absolute Gasteiger partial charge is 0.315 e. The molecule has 1 fully saturated rings. The number of aliphatic hydroxyl groups is 1. The summed E-state index contributed by atoms with van der Waals surface area (Å²) in [5.74, 6) is 0.815. The van der Waals surface area contributed by atoms with E-state index in [2.05, 4.69) is 27.8 Å². The van der Waals surface area contributed by atoms with Gasteiger partial charge < -0.3 is 20.3 Å². The SMILES string of the molecule is CC1(CO)CCCC1NC(=O)NCc1nccn1Cc1ccccc1. The summed E-state index contributed by atoms with van der Waals surface area (Å²) in [5.41, 5.74) is 0.971. The molecule has 25 heavy (non-hydrogen) atoms. The van der Waals surface area contributed by atoms with E-state index in [1.807, 2.05) is 35.9 Å². The van der Waals surface area contributed by atoms with Crippen LogP contribution in [0.1, 0.15) is 37.6 Å². The highest BCUT2D eigenvalue weighted by Gasteiger charge is 2.39. The molecular formula is C19H26N4O2. The van der Waals surface area contributed by atoms with Crippen molar-refractivity contribution in [3.05, 3.63) is 54.1 Å². The fourth-order valence-corrected chi connectivity index (χ4v) is 3.47. The maximum atomic E-state index is 12.2. The number of benzene rings is 1. The van der Waals surface area contributed by atoms with Gasteiger partial charge in [-0.2, -0.15) is 0 Å². The minimum atomic E-state index is -0.219. The predicted octanol–water partition coefficient (Wildman–Crippen LogP) is 2.28. The standard InChI is InChI=1S/C19H26N4O2/c1-19(14-24)9-5-8-16(19)22-18(25)21-12-17-20-10-11-23(17)13-15-6-3-2-4-7-15/h2-4,6-7,10-11,16,24H,5,8-9,12-14H2,1H3,(H2,21,22,25). The van der Waals surface area contributed by atoms with E-state index in [0.29, 0.717) is 6.54 Å². The van der Waals surface area contributed by atoms with Crippen LogP contribution < -0.4 is 10.6 Å². The normalized spacial score (nSPS) is 22.7. The minimum Gasteiger partial charge on any atom is -0.396 e. The lowest BCUT2D eigenvalue weighted by Crippen LogP contribution is -2.48. The molecule has 0 spiro atoms. The van der Waals surface area contributed by atoms with E-state index < -0.39 is 0 Å². The molecule has 2 amide bonds. The number of hydrogen-bond donors (Lipinski definition) is 3. The van der Waals surface area contributed by atoms with Gasteiger partial charge in [-0.1, -0.05) is 43.7 Å². The molecule has 0 aliphatic heterocycles. The Morgan fingerprint density at radius 2 is 2.20 bits per heavy atom. The quantitative estimate of drug-likeness (QED) is 0.753. The molecule has 134 valence electrons. The molecule has 2 atom stereocenters. The van der Waals surface area contributed by atoms with Gasteiger partial charge in [-0.25, -0.2) is 9.78 Å². The number of urea groups is 1. The van der Waals surface area contributed by atoms with Crippen molar-refractivity contribution >= 4 is 6.03 Å². The van der Waals surface area contributed by atoms with Crippen LogP contribution in [0.2, 0.25) is 0 Å². The van der Waals surface area contributed by atoms with Gasteiger partial charge in [-0.3, -0.25) is 0 Å². The second kappa shape index (κ2) is 7.70. The van der Waals surface area contributed by atoms with E-state index in [-0.39, 0.29) is 24.1 Å². The number of carbonyl (C=O) groups is 1. The van der Waals surface area contributed by atoms with Crippen LogP contribution in [0.5, 0.6) is 0 Å². The number of nitrogens with zero attached hydrogens (tertiary/aromatic N) is 2. The summed E-state index contributed by atoms with van der Waals surface area (Å²) in [6, 6.07) is 9.96. The summed E-state index contributed by atoms with van der Waals surface area (Å²) in [5, 5.41) is 15.5. The van der Waals surface area contributed by atoms with Crippen LogP contribution in [-0.4, -0.2) is 33.3 Å². The fraction of sp³-hybridized carbons (Fsp3) is 0.474. The summed E-state index contributed by atoms with van der Waals surface area (Å²) < 4.78 is 2.03. The zero-order valence-electron chi connectivity index (χ0n) is 14.6. The van der Waals surface area contributed by atoms with Crippen molar-refractivity contribution in [1.29, 1.82) is 0 Å². The summed E-state index contributed by atoms with van der Waals surface area (Å²) in [6.07, 6.45) is 6.55. The fourth-order valence-electron chi connectivity index (χ4n) is 3.47. The first-order chi connectivity index (χ1) is 12.1. The molecule has 1 aliphatic rings. The van der Waals surface area contributed by atoms with Gasteiger partial charge in [0.25, 0.3) is 0 Å². The van der Waals surface area contributed by atoms with E-state index in [0.717, 1.165) is 31.6 Å². The number of imidazole rings is 1. The first kappa shape index (κ1) is 17.5. The Balaban J connectivity index is 1.54. The molecule has 1 heterocycles. The van der Waals surface area contributed by atoms with Crippen molar-refractivity contribution in [1.82, 2.24) is 20.2 Å². The predicted molar refractivity (Wildman–Crippen MR) is 96.0 cm³/mol. The van der Waals surface area contributed by atoms with Crippen molar-refractivity contribution in [2.75, 3.05) is 6.61 Å². The van der Waals surface area contributed by atoms with Crippen LogP contribution in [0.15, 0.2) is 42.7 Å². The van der Waals surface area contributed by atoms with Crippen molar-refractivity contribution in [2.45, 2.75) is 45.3 Å². The maximum Gasteiger partial charge on any atom is 0.315 e. The van der Waals surface area contributed by atoms with Gasteiger partial charge in [0.15, 0.2) is 0 Å². The van der Waals surface area contributed by atoms with Gasteiger partial charge >= 0.3 is 6.03 Å². The van der Waals surface area contributed by atoms with Crippen LogP contribution in [0.4, 0.5) is 4.79 Å². The van der Waals surface area contributed by atoms with Crippen molar-refractivity contribution in [3.8, 4) is 0 Å². The molecule has 1 aromatic heterocycles. The average molecular weight is 342 g/mol. The van der Waals surface area contributed by atoms with E-state index >= 15 is 0 Å². The molecule has 6 nitrogen and oxygen atoms in total. The van der Waals surface area contributed by atoms with Crippen LogP contribution in [0.3, 0.4) is 0 Å². The highest BCUT2D eigenvalue weighted by Crippen LogP contribution is 2.37. The van der Waals surface area contributed by atoms with Gasteiger partial charge in [-0.15, -0.1) is 0 Å². The molecule has 2 aromatic rings. The van der Waals surface area contributed by atoms with E-state index in [1.165, 1.54) is 5.56 Å². The Bertz CT molecular complexity index is 700. The number of aliphatic hydroxyl groups excluding tert-OH is 1. The lowest BCUT2D eigenvalue weighted by atomic mass is 9.86. The van der Waals surface area contributed by atoms with Crippen LogP contribution >= 0.6 is 0 Å². The van der Waals surface area contributed by atoms with Gasteiger partial charge in [0.1, 0.15) is 5.82 Å². The van der Waals surface area contributed by atoms with E-state index in [9.17, 15) is 9.90 Å². The second-order valence-corrected chi connectivity index (χ2v) is 7.04. The minimum absolute atomic E-state index is 0.0153. The van der Waals surface area contributed by atoms with E-state index in [4.69, 9.17) is 0 Å². The third-order valence-electron chi connectivity index (χ3n) is 5.15. The highest BCUT2D eigenvalue weighted by atomic mass is 16.3. The second-order valence-electron chi connectivity index (χ2n) is 7.04. The van der Waals surface area contributed by atoms with Crippen molar-refractivity contribution in [3.63, 3.8) is 0 Å². The lowest BCUT2D eigenvalue weighted by molar-refractivity contribution is 0.121. The van der Waals surface area contributed by atoms with Gasteiger partial charge in [-0.05, 0) is 18.4 Å². The summed E-state index contributed by atoms with van der Waals surface area (Å²) in [4.78, 5) is 16.6. The Morgan fingerprint density at radius 3 is 2.96 bits per heavy atom. The average Bonchev–Trinajstić information content (AvgIpc) is 3.21. The number of amides is 2. The number of rotatable bonds is 6. The van der Waals surface area contributed by atoms with E-state index in [1.54, 1.807) is 6.20 Å².